The number of hydrogen-bond donors (Lipinski definition) is 2. The maximum absolute atomic E-state index is 12.4. The smallest absolute Gasteiger partial charge is 0.322 e. The Morgan fingerprint density at radius 2 is 1.81 bits per heavy atom. The van der Waals surface area contributed by atoms with E-state index in [2.05, 4.69) is 10.1 Å². The summed E-state index contributed by atoms with van der Waals surface area (Å²) in [5.74, 6) is 0.438. The molecule has 0 radical (unpaired) electrons. The summed E-state index contributed by atoms with van der Waals surface area (Å²) >= 11 is 6.46. The number of benzene rings is 3. The SMILES string of the molecule is COC(=O)[C@H](N)Cc1ccc(Oc2ccc(CC3C(=O)Nc4ccccc43)cc2Cl)cc1. The van der Waals surface area contributed by atoms with Gasteiger partial charge in [0.05, 0.1) is 18.1 Å². The van der Waals surface area contributed by atoms with Crippen LogP contribution in [0.2, 0.25) is 5.02 Å². The van der Waals surface area contributed by atoms with Gasteiger partial charge in [-0.1, -0.05) is 48.0 Å². The van der Waals surface area contributed by atoms with Crippen molar-refractivity contribution in [1.82, 2.24) is 0 Å². The number of anilines is 1. The lowest BCUT2D eigenvalue weighted by molar-refractivity contribution is -0.142. The molecule has 0 fully saturated rings. The van der Waals surface area contributed by atoms with Crippen molar-refractivity contribution < 1.29 is 19.1 Å². The highest BCUT2D eigenvalue weighted by molar-refractivity contribution is 6.32. The third kappa shape index (κ3) is 4.77. The van der Waals surface area contributed by atoms with E-state index in [1.54, 1.807) is 18.2 Å². The fourth-order valence-electron chi connectivity index (χ4n) is 3.78. The Morgan fingerprint density at radius 3 is 2.53 bits per heavy atom. The number of hydrogen-bond acceptors (Lipinski definition) is 5. The quantitative estimate of drug-likeness (QED) is 0.519. The van der Waals surface area contributed by atoms with Gasteiger partial charge >= 0.3 is 5.97 Å². The molecule has 1 aliphatic heterocycles. The molecule has 3 aromatic carbocycles. The summed E-state index contributed by atoms with van der Waals surface area (Å²) in [6, 6.07) is 19.8. The number of nitrogens with two attached hydrogens (primary N) is 1. The first-order valence-electron chi connectivity index (χ1n) is 10.2. The Kier molecular flexibility index (Phi) is 6.44. The number of fused-ring (bicyclic) bond motifs is 1. The molecule has 0 aromatic heterocycles. The van der Waals surface area contributed by atoms with E-state index >= 15 is 0 Å². The minimum Gasteiger partial charge on any atom is -0.468 e. The Morgan fingerprint density at radius 1 is 1.09 bits per heavy atom. The molecular formula is C25H23ClN2O4. The average molecular weight is 451 g/mol. The van der Waals surface area contributed by atoms with Gasteiger partial charge in [0.2, 0.25) is 5.91 Å². The lowest BCUT2D eigenvalue weighted by Gasteiger charge is -2.13. The zero-order chi connectivity index (χ0) is 22.7. The minimum atomic E-state index is -0.706. The van der Waals surface area contributed by atoms with Crippen LogP contribution in [0.15, 0.2) is 66.7 Å². The van der Waals surface area contributed by atoms with Crippen LogP contribution in [-0.2, 0) is 27.2 Å². The predicted molar refractivity (Wildman–Crippen MR) is 123 cm³/mol. The zero-order valence-electron chi connectivity index (χ0n) is 17.5. The van der Waals surface area contributed by atoms with Crippen LogP contribution in [0.1, 0.15) is 22.6 Å². The molecule has 1 amide bonds. The van der Waals surface area contributed by atoms with Gasteiger partial charge in [-0.2, -0.15) is 0 Å². The van der Waals surface area contributed by atoms with E-state index in [1.807, 2.05) is 48.5 Å². The summed E-state index contributed by atoms with van der Waals surface area (Å²) in [5.41, 5.74) is 9.51. The first kappa shape index (κ1) is 21.9. The number of methoxy groups -OCH3 is 1. The first-order chi connectivity index (χ1) is 15.4. The minimum absolute atomic E-state index is 0.00495. The molecule has 3 aromatic rings. The van der Waals surface area contributed by atoms with Crippen LogP contribution < -0.4 is 15.8 Å². The number of ether oxygens (including phenoxy) is 2. The molecule has 0 aliphatic carbocycles. The molecule has 1 heterocycles. The van der Waals surface area contributed by atoms with E-state index in [-0.39, 0.29) is 11.8 Å². The number of nitrogens with one attached hydrogen (secondary N) is 1. The molecule has 32 heavy (non-hydrogen) atoms. The van der Waals surface area contributed by atoms with Gasteiger partial charge in [0.25, 0.3) is 0 Å². The fraction of sp³-hybridized carbons (Fsp3) is 0.200. The maximum atomic E-state index is 12.4. The van der Waals surface area contributed by atoms with Crippen molar-refractivity contribution in [2.75, 3.05) is 12.4 Å². The molecule has 3 N–H and O–H groups in total. The average Bonchev–Trinajstić information content (AvgIpc) is 3.11. The fourth-order valence-corrected chi connectivity index (χ4v) is 4.02. The van der Waals surface area contributed by atoms with Gasteiger partial charge < -0.3 is 20.5 Å². The van der Waals surface area contributed by atoms with Crippen LogP contribution in [0.25, 0.3) is 0 Å². The highest BCUT2D eigenvalue weighted by atomic mass is 35.5. The largest absolute Gasteiger partial charge is 0.468 e. The van der Waals surface area contributed by atoms with Crippen LogP contribution in [0.4, 0.5) is 5.69 Å². The summed E-state index contributed by atoms with van der Waals surface area (Å²) in [4.78, 5) is 23.8. The third-order valence-corrected chi connectivity index (χ3v) is 5.75. The number of carbonyl (C=O) groups is 2. The molecular weight excluding hydrogens is 428 g/mol. The Bertz CT molecular complexity index is 1150. The summed E-state index contributed by atoms with van der Waals surface area (Å²) in [5, 5.41) is 3.39. The topological polar surface area (TPSA) is 90.7 Å². The number of halogens is 1. The van der Waals surface area contributed by atoms with Crippen molar-refractivity contribution >= 4 is 29.2 Å². The lowest BCUT2D eigenvalue weighted by Crippen LogP contribution is -2.33. The standard InChI is InChI=1S/C25H23ClN2O4/c1-31-25(30)21(27)14-15-6-9-17(10-7-15)32-23-11-8-16(13-20(23)26)12-19-18-4-2-3-5-22(18)28-24(19)29/h2-11,13,19,21H,12,14,27H2,1H3,(H,28,29)/t19?,21-/m1/s1. The van der Waals surface area contributed by atoms with E-state index in [9.17, 15) is 9.59 Å². The van der Waals surface area contributed by atoms with Gasteiger partial charge in [0.1, 0.15) is 17.5 Å². The zero-order valence-corrected chi connectivity index (χ0v) is 18.3. The van der Waals surface area contributed by atoms with Crippen molar-refractivity contribution in [2.45, 2.75) is 24.8 Å². The van der Waals surface area contributed by atoms with Gasteiger partial charge in [-0.05, 0) is 59.9 Å². The van der Waals surface area contributed by atoms with Gasteiger partial charge in [0.15, 0.2) is 0 Å². The van der Waals surface area contributed by atoms with Crippen molar-refractivity contribution in [1.29, 1.82) is 0 Å². The van der Waals surface area contributed by atoms with E-state index in [4.69, 9.17) is 22.1 Å². The van der Waals surface area contributed by atoms with Gasteiger partial charge in [-0.15, -0.1) is 0 Å². The highest BCUT2D eigenvalue weighted by Crippen LogP contribution is 2.36. The van der Waals surface area contributed by atoms with Crippen molar-refractivity contribution in [3.8, 4) is 11.5 Å². The predicted octanol–water partition coefficient (Wildman–Crippen LogP) is 4.45. The lowest BCUT2D eigenvalue weighted by atomic mass is 9.93. The van der Waals surface area contributed by atoms with Gasteiger partial charge in [0, 0.05) is 5.69 Å². The summed E-state index contributed by atoms with van der Waals surface area (Å²) in [7, 11) is 1.32. The molecule has 2 atom stereocenters. The van der Waals surface area contributed by atoms with Crippen LogP contribution in [0.3, 0.4) is 0 Å². The Hall–Kier alpha value is -3.35. The normalized spacial score (nSPS) is 15.6. The molecule has 6 nitrogen and oxygen atoms in total. The second-order valence-electron chi connectivity index (χ2n) is 7.68. The first-order valence-corrected chi connectivity index (χ1v) is 10.6. The maximum Gasteiger partial charge on any atom is 0.322 e. The number of esters is 1. The van der Waals surface area contributed by atoms with Crippen LogP contribution in [0, 0.1) is 0 Å². The molecule has 164 valence electrons. The van der Waals surface area contributed by atoms with Gasteiger partial charge in [-0.25, -0.2) is 0 Å². The molecule has 7 heteroatoms. The third-order valence-electron chi connectivity index (χ3n) is 5.46. The molecule has 0 saturated heterocycles. The molecule has 0 spiro atoms. The number of rotatable bonds is 7. The van der Waals surface area contributed by atoms with E-state index in [1.165, 1.54) is 7.11 Å². The highest BCUT2D eigenvalue weighted by Gasteiger charge is 2.30. The Labute approximate surface area is 191 Å². The van der Waals surface area contributed by atoms with Crippen molar-refractivity contribution in [3.63, 3.8) is 0 Å². The molecule has 4 rings (SSSR count). The number of para-hydroxylation sites is 1. The summed E-state index contributed by atoms with van der Waals surface area (Å²) in [6.45, 7) is 0. The molecule has 0 saturated carbocycles. The van der Waals surface area contributed by atoms with E-state index in [0.717, 1.165) is 22.4 Å². The van der Waals surface area contributed by atoms with Crippen LogP contribution in [-0.4, -0.2) is 25.0 Å². The second kappa shape index (κ2) is 9.42. The van der Waals surface area contributed by atoms with E-state index < -0.39 is 12.0 Å². The van der Waals surface area contributed by atoms with Crippen LogP contribution in [0.5, 0.6) is 11.5 Å². The Balaban J connectivity index is 1.42. The van der Waals surface area contributed by atoms with Crippen LogP contribution >= 0.6 is 11.6 Å². The number of carbonyl (C=O) groups excluding carboxylic acids is 2. The number of amides is 1. The summed E-state index contributed by atoms with van der Waals surface area (Å²) in [6.07, 6.45) is 0.929. The monoisotopic (exact) mass is 450 g/mol. The molecule has 1 unspecified atom stereocenters. The van der Waals surface area contributed by atoms with E-state index in [0.29, 0.717) is 29.4 Å². The van der Waals surface area contributed by atoms with Crippen molar-refractivity contribution in [3.05, 3.63) is 88.4 Å². The second-order valence-corrected chi connectivity index (χ2v) is 8.08. The summed E-state index contributed by atoms with van der Waals surface area (Å²) < 4.78 is 10.6. The van der Waals surface area contributed by atoms with Gasteiger partial charge in [-0.3, -0.25) is 9.59 Å². The van der Waals surface area contributed by atoms with Crippen molar-refractivity contribution in [2.24, 2.45) is 5.73 Å². The molecule has 1 aliphatic rings. The molecule has 0 bridgehead atoms.